The Morgan fingerprint density at radius 1 is 0.800 bits per heavy atom. The van der Waals surface area contributed by atoms with Crippen molar-refractivity contribution < 1.29 is 20.4 Å². The van der Waals surface area contributed by atoms with Crippen molar-refractivity contribution in [1.29, 1.82) is 0 Å². The normalized spacial score (nSPS) is 9.20. The van der Waals surface area contributed by atoms with Crippen LogP contribution >= 0.6 is 0 Å². The molecule has 0 rings (SSSR count). The lowest BCUT2D eigenvalue weighted by Crippen LogP contribution is -2.21. The van der Waals surface area contributed by atoms with Crippen molar-refractivity contribution in [2.75, 3.05) is 26.3 Å². The summed E-state index contributed by atoms with van der Waals surface area (Å²) in [5.74, 6) is 0. The van der Waals surface area contributed by atoms with Crippen LogP contribution < -0.4 is 5.32 Å². The van der Waals surface area contributed by atoms with Crippen LogP contribution in [0.15, 0.2) is 0 Å². The molecule has 0 unspecified atom stereocenters. The van der Waals surface area contributed by atoms with Gasteiger partial charge in [-0.15, -0.1) is 0 Å². The smallest absolute Gasteiger partial charge is 0.0555 e. The fraction of sp³-hybridized carbons (Fsp3) is 1.00. The van der Waals surface area contributed by atoms with Crippen molar-refractivity contribution in [3.63, 3.8) is 0 Å². The molecule has 5 N–H and O–H groups in total. The van der Waals surface area contributed by atoms with Gasteiger partial charge in [0, 0.05) is 25.3 Å². The lowest BCUT2D eigenvalue weighted by Gasteiger charge is -1.94. The first-order valence-corrected chi connectivity index (χ1v) is 5.17. The first kappa shape index (κ1) is 20.2. The van der Waals surface area contributed by atoms with Gasteiger partial charge in [-0.3, -0.25) is 0 Å². The zero-order chi connectivity index (χ0) is 12.7. The third-order valence-corrected chi connectivity index (χ3v) is 0.577. The molecule has 0 aromatic heterocycles. The van der Waals surface area contributed by atoms with Gasteiger partial charge >= 0.3 is 0 Å². The Morgan fingerprint density at radius 3 is 1.13 bits per heavy atom. The molecule has 0 aliphatic heterocycles. The molecule has 0 saturated carbocycles. The SMILES string of the molecule is CC(C)O.CC(C)O.OCCNCCO. The molecule has 0 amide bonds. The second kappa shape index (κ2) is 19.4. The summed E-state index contributed by atoms with van der Waals surface area (Å²) in [6.07, 6.45) is -0.333. The molecule has 0 aromatic carbocycles. The van der Waals surface area contributed by atoms with E-state index >= 15 is 0 Å². The molecule has 0 aliphatic rings. The minimum Gasteiger partial charge on any atom is -0.395 e. The lowest BCUT2D eigenvalue weighted by atomic mass is 10.5. The van der Waals surface area contributed by atoms with Crippen molar-refractivity contribution in [3.05, 3.63) is 0 Å². The monoisotopic (exact) mass is 225 g/mol. The molecule has 0 aliphatic carbocycles. The molecule has 0 fully saturated rings. The average Bonchev–Trinajstić information content (AvgIpc) is 2.03. The number of hydrogen-bond acceptors (Lipinski definition) is 5. The van der Waals surface area contributed by atoms with Gasteiger partial charge in [-0.2, -0.15) is 0 Å². The molecule has 0 aromatic rings. The van der Waals surface area contributed by atoms with Crippen LogP contribution in [0.25, 0.3) is 0 Å². The molecule has 0 bridgehead atoms. The number of rotatable bonds is 4. The molecule has 0 saturated heterocycles. The van der Waals surface area contributed by atoms with Crippen LogP contribution in [0.2, 0.25) is 0 Å². The van der Waals surface area contributed by atoms with Crippen LogP contribution in [0, 0.1) is 0 Å². The van der Waals surface area contributed by atoms with Gasteiger partial charge < -0.3 is 25.7 Å². The van der Waals surface area contributed by atoms with Crippen LogP contribution in [-0.2, 0) is 0 Å². The maximum atomic E-state index is 8.15. The first-order valence-electron chi connectivity index (χ1n) is 5.17. The molecule has 15 heavy (non-hydrogen) atoms. The fourth-order valence-electron chi connectivity index (χ4n) is 0.283. The highest BCUT2D eigenvalue weighted by atomic mass is 16.3. The number of hydrogen-bond donors (Lipinski definition) is 5. The molecule has 5 heteroatoms. The highest BCUT2D eigenvalue weighted by Gasteiger charge is 1.78. The van der Waals surface area contributed by atoms with Gasteiger partial charge in [-0.05, 0) is 27.7 Å². The summed E-state index contributed by atoms with van der Waals surface area (Å²) < 4.78 is 0. The summed E-state index contributed by atoms with van der Waals surface area (Å²) in [4.78, 5) is 0. The number of nitrogens with one attached hydrogen (secondary N) is 1. The van der Waals surface area contributed by atoms with Crippen molar-refractivity contribution in [2.24, 2.45) is 0 Å². The van der Waals surface area contributed by atoms with Crippen LogP contribution in [0.1, 0.15) is 27.7 Å². The van der Waals surface area contributed by atoms with E-state index in [0.717, 1.165) is 0 Å². The minimum absolute atomic E-state index is 0.139. The Morgan fingerprint density at radius 2 is 1.00 bits per heavy atom. The standard InChI is InChI=1S/C4H11NO2.2C3H8O/c6-3-1-5-2-4-7;2*1-3(2)4/h5-7H,1-4H2;2*3-4H,1-2H3. The molecule has 0 radical (unpaired) electrons. The van der Waals surface area contributed by atoms with Crippen molar-refractivity contribution in [3.8, 4) is 0 Å². The van der Waals surface area contributed by atoms with Gasteiger partial charge in [0.2, 0.25) is 0 Å². The van der Waals surface area contributed by atoms with Crippen LogP contribution in [-0.4, -0.2) is 58.9 Å². The summed E-state index contributed by atoms with van der Waals surface area (Å²) in [5, 5.41) is 35.2. The van der Waals surface area contributed by atoms with E-state index in [-0.39, 0.29) is 25.4 Å². The van der Waals surface area contributed by atoms with Gasteiger partial charge in [0.25, 0.3) is 0 Å². The molecule has 0 heterocycles. The number of aliphatic hydroxyl groups is 4. The highest BCUT2D eigenvalue weighted by Crippen LogP contribution is 1.65. The molecular formula is C10H27NO4. The van der Waals surface area contributed by atoms with Crippen molar-refractivity contribution >= 4 is 0 Å². The quantitative estimate of drug-likeness (QED) is 0.409. The summed E-state index contributed by atoms with van der Waals surface area (Å²) in [5.41, 5.74) is 0. The van der Waals surface area contributed by atoms with E-state index in [4.69, 9.17) is 20.4 Å². The van der Waals surface area contributed by atoms with E-state index in [1.54, 1.807) is 27.7 Å². The van der Waals surface area contributed by atoms with Gasteiger partial charge in [-0.1, -0.05) is 0 Å². The zero-order valence-electron chi connectivity index (χ0n) is 10.3. The predicted octanol–water partition coefficient (Wildman–Crippen LogP) is -0.665. The van der Waals surface area contributed by atoms with E-state index in [1.807, 2.05) is 0 Å². The maximum absolute atomic E-state index is 8.15. The predicted molar refractivity (Wildman–Crippen MR) is 61.8 cm³/mol. The van der Waals surface area contributed by atoms with E-state index < -0.39 is 0 Å². The second-order valence-electron chi connectivity index (χ2n) is 3.38. The minimum atomic E-state index is -0.167. The topological polar surface area (TPSA) is 93.0 Å². The fourth-order valence-corrected chi connectivity index (χ4v) is 0.283. The highest BCUT2D eigenvalue weighted by molar-refractivity contribution is 4.39. The summed E-state index contributed by atoms with van der Waals surface area (Å²) in [6, 6.07) is 0. The summed E-state index contributed by atoms with van der Waals surface area (Å²) >= 11 is 0. The lowest BCUT2D eigenvalue weighted by molar-refractivity contribution is 0.215. The van der Waals surface area contributed by atoms with Crippen molar-refractivity contribution in [2.45, 2.75) is 39.9 Å². The summed E-state index contributed by atoms with van der Waals surface area (Å²) in [7, 11) is 0. The Balaban J connectivity index is -0.000000155. The maximum Gasteiger partial charge on any atom is 0.0555 e. The molecular weight excluding hydrogens is 198 g/mol. The summed E-state index contributed by atoms with van der Waals surface area (Å²) in [6.45, 7) is 8.31. The van der Waals surface area contributed by atoms with Gasteiger partial charge in [0.15, 0.2) is 0 Å². The zero-order valence-corrected chi connectivity index (χ0v) is 10.3. The second-order valence-corrected chi connectivity index (χ2v) is 3.38. The average molecular weight is 225 g/mol. The van der Waals surface area contributed by atoms with Crippen molar-refractivity contribution in [1.82, 2.24) is 5.32 Å². The van der Waals surface area contributed by atoms with E-state index in [1.165, 1.54) is 0 Å². The molecule has 5 nitrogen and oxygen atoms in total. The van der Waals surface area contributed by atoms with Crippen LogP contribution in [0.5, 0.6) is 0 Å². The Bertz CT molecular complexity index is 74.0. The first-order chi connectivity index (χ1) is 6.88. The van der Waals surface area contributed by atoms with Crippen LogP contribution in [0.4, 0.5) is 0 Å². The van der Waals surface area contributed by atoms with E-state index in [2.05, 4.69) is 5.32 Å². The third kappa shape index (κ3) is 133. The Hall–Kier alpha value is -0.200. The van der Waals surface area contributed by atoms with E-state index in [9.17, 15) is 0 Å². The third-order valence-electron chi connectivity index (χ3n) is 0.577. The largest absolute Gasteiger partial charge is 0.395 e. The molecule has 0 spiro atoms. The van der Waals surface area contributed by atoms with E-state index in [0.29, 0.717) is 13.1 Å². The van der Waals surface area contributed by atoms with Gasteiger partial charge in [0.1, 0.15) is 0 Å². The Labute approximate surface area is 92.8 Å². The van der Waals surface area contributed by atoms with Crippen LogP contribution in [0.3, 0.4) is 0 Å². The molecule has 0 atom stereocenters. The van der Waals surface area contributed by atoms with Gasteiger partial charge in [0.05, 0.1) is 13.2 Å². The molecule has 96 valence electrons. The number of aliphatic hydroxyl groups excluding tert-OH is 4. The Kier molecular flexibility index (Phi) is 26.2. The van der Waals surface area contributed by atoms with Gasteiger partial charge in [-0.25, -0.2) is 0 Å².